The molecule has 0 aliphatic heterocycles. The third kappa shape index (κ3) is 6.30. The quantitative estimate of drug-likeness (QED) is 0.160. The van der Waals surface area contributed by atoms with E-state index in [9.17, 15) is 0 Å². The van der Waals surface area contributed by atoms with E-state index in [0.29, 0.717) is 17.5 Å². The van der Waals surface area contributed by atoms with Crippen molar-refractivity contribution in [1.82, 2.24) is 24.1 Å². The fourth-order valence-electron chi connectivity index (χ4n) is 10.4. The minimum atomic E-state index is 0.553. The summed E-state index contributed by atoms with van der Waals surface area (Å²) in [6.45, 7) is 0. The topological polar surface area (TPSA) is 61.7 Å². The number of para-hydroxylation sites is 4. The van der Waals surface area contributed by atoms with Gasteiger partial charge in [-0.2, -0.15) is 0 Å². The number of fused-ring (bicyclic) bond motifs is 9. The van der Waals surface area contributed by atoms with Crippen molar-refractivity contribution in [3.8, 4) is 67.8 Å². The summed E-state index contributed by atoms with van der Waals surface area (Å²) in [5.41, 5.74) is 15.5. The molecule has 4 heterocycles. The lowest BCUT2D eigenvalue weighted by molar-refractivity contribution is 0.667. The van der Waals surface area contributed by atoms with Gasteiger partial charge in [-0.25, -0.2) is 15.0 Å². The van der Waals surface area contributed by atoms with E-state index in [1.54, 1.807) is 0 Å². The Labute approximate surface area is 396 Å². The lowest BCUT2D eigenvalue weighted by Crippen LogP contribution is -2.00. The maximum atomic E-state index is 7.10. The van der Waals surface area contributed by atoms with Gasteiger partial charge in [0.2, 0.25) is 0 Å². The Bertz CT molecular complexity index is 4230. The van der Waals surface area contributed by atoms with E-state index in [2.05, 4.69) is 179 Å². The van der Waals surface area contributed by atoms with Crippen molar-refractivity contribution in [1.29, 1.82) is 0 Å². The van der Waals surface area contributed by atoms with Gasteiger partial charge < -0.3 is 13.6 Å². The molecule has 0 bridgehead atoms. The minimum absolute atomic E-state index is 0.553. The first-order valence-electron chi connectivity index (χ1n) is 23.3. The van der Waals surface area contributed by atoms with Crippen LogP contribution in [0.2, 0.25) is 0 Å². The van der Waals surface area contributed by atoms with Gasteiger partial charge in [0.05, 0.1) is 33.3 Å². The molecular formula is C63H39N5O. The number of hydrogen-bond acceptors (Lipinski definition) is 4. The predicted octanol–water partition coefficient (Wildman–Crippen LogP) is 16.3. The highest BCUT2D eigenvalue weighted by molar-refractivity contribution is 6.16. The molecule has 0 N–H and O–H groups in total. The zero-order chi connectivity index (χ0) is 45.4. The number of furan rings is 1. The molecule has 0 aliphatic carbocycles. The average Bonchev–Trinajstić information content (AvgIpc) is 4.09. The molecule has 0 spiro atoms. The van der Waals surface area contributed by atoms with Crippen LogP contribution in [-0.4, -0.2) is 24.1 Å². The second-order valence-electron chi connectivity index (χ2n) is 17.6. The summed E-state index contributed by atoms with van der Waals surface area (Å²) in [5.74, 6) is 1.76. The molecule has 0 unspecified atom stereocenters. The van der Waals surface area contributed by atoms with Crippen LogP contribution in [0.5, 0.6) is 0 Å². The summed E-state index contributed by atoms with van der Waals surface area (Å²) in [5, 5.41) is 6.79. The summed E-state index contributed by atoms with van der Waals surface area (Å²) in [4.78, 5) is 15.1. The molecule has 6 nitrogen and oxygen atoms in total. The van der Waals surface area contributed by atoms with Crippen molar-refractivity contribution in [3.63, 3.8) is 0 Å². The standard InChI is InChI=1S/C63H39N5O/c1-5-17-40(18-6-1)43-31-34-55-52(37-43)53-39-45(32-35-56(53)67(55)46-23-11-4-12-24-46)44-33-36-57-51(38-44)47-25-13-14-29-54(47)68(57)58-30-16-27-49-48-26-15-28-50(59(48)69-60(49)58)63-65-61(41-19-7-2-8-20-41)64-62(66-63)42-21-9-3-10-22-42/h1-39H. The molecule has 0 saturated carbocycles. The van der Waals surface area contributed by atoms with E-state index in [-0.39, 0.29) is 0 Å². The van der Waals surface area contributed by atoms with Crippen molar-refractivity contribution in [2.45, 2.75) is 0 Å². The molecule has 0 atom stereocenters. The van der Waals surface area contributed by atoms with Crippen LogP contribution in [-0.2, 0) is 0 Å². The number of rotatable bonds is 7. The molecule has 6 heteroatoms. The largest absolute Gasteiger partial charge is 0.453 e. The normalized spacial score (nSPS) is 11.8. The van der Waals surface area contributed by atoms with Gasteiger partial charge in [0, 0.05) is 49.1 Å². The first-order valence-corrected chi connectivity index (χ1v) is 23.3. The van der Waals surface area contributed by atoms with Crippen molar-refractivity contribution in [2.24, 2.45) is 0 Å². The first kappa shape index (κ1) is 38.8. The molecule has 14 aromatic rings. The Balaban J connectivity index is 0.931. The third-order valence-corrected chi connectivity index (χ3v) is 13.6. The summed E-state index contributed by atoms with van der Waals surface area (Å²) >= 11 is 0. The highest BCUT2D eigenvalue weighted by atomic mass is 16.3. The maximum absolute atomic E-state index is 7.10. The fraction of sp³-hybridized carbons (Fsp3) is 0. The second kappa shape index (κ2) is 15.6. The number of hydrogen-bond donors (Lipinski definition) is 0. The van der Waals surface area contributed by atoms with Gasteiger partial charge in [-0.05, 0) is 89.0 Å². The second-order valence-corrected chi connectivity index (χ2v) is 17.6. The fourth-order valence-corrected chi connectivity index (χ4v) is 10.4. The van der Waals surface area contributed by atoms with Crippen LogP contribution in [0.4, 0.5) is 0 Å². The molecule has 69 heavy (non-hydrogen) atoms. The lowest BCUT2D eigenvalue weighted by Gasteiger charge is -2.10. The van der Waals surface area contributed by atoms with Gasteiger partial charge in [0.15, 0.2) is 23.1 Å². The van der Waals surface area contributed by atoms with Crippen LogP contribution in [0, 0.1) is 0 Å². The molecule has 0 radical (unpaired) electrons. The molecule has 0 aliphatic rings. The Kier molecular flexibility index (Phi) is 8.79. The molecule has 322 valence electrons. The van der Waals surface area contributed by atoms with Crippen molar-refractivity contribution >= 4 is 65.6 Å². The van der Waals surface area contributed by atoms with E-state index in [4.69, 9.17) is 19.4 Å². The van der Waals surface area contributed by atoms with Crippen molar-refractivity contribution in [2.75, 3.05) is 0 Å². The number of benzene rings is 10. The molecule has 0 fully saturated rings. The van der Waals surface area contributed by atoms with E-state index >= 15 is 0 Å². The third-order valence-electron chi connectivity index (χ3n) is 13.6. The summed E-state index contributed by atoms with van der Waals surface area (Å²) in [7, 11) is 0. The first-order chi connectivity index (χ1) is 34.2. The number of nitrogens with zero attached hydrogens (tertiary/aromatic N) is 5. The Morgan fingerprint density at radius 2 is 0.710 bits per heavy atom. The summed E-state index contributed by atoms with van der Waals surface area (Å²) in [6.07, 6.45) is 0. The van der Waals surface area contributed by atoms with Crippen LogP contribution >= 0.6 is 0 Å². The average molecular weight is 882 g/mol. The smallest absolute Gasteiger partial charge is 0.167 e. The maximum Gasteiger partial charge on any atom is 0.167 e. The zero-order valence-corrected chi connectivity index (χ0v) is 37.2. The minimum Gasteiger partial charge on any atom is -0.453 e. The van der Waals surface area contributed by atoms with Crippen molar-refractivity contribution in [3.05, 3.63) is 237 Å². The van der Waals surface area contributed by atoms with Gasteiger partial charge in [-0.1, -0.05) is 170 Å². The Morgan fingerprint density at radius 1 is 0.275 bits per heavy atom. The molecular weight excluding hydrogens is 843 g/mol. The summed E-state index contributed by atoms with van der Waals surface area (Å²) in [6, 6.07) is 83.5. The Hall–Kier alpha value is -9.39. The van der Waals surface area contributed by atoms with Gasteiger partial charge in [0.25, 0.3) is 0 Å². The van der Waals surface area contributed by atoms with Gasteiger partial charge >= 0.3 is 0 Å². The molecule has 14 rings (SSSR count). The predicted molar refractivity (Wildman–Crippen MR) is 283 cm³/mol. The van der Waals surface area contributed by atoms with Crippen LogP contribution in [0.1, 0.15) is 0 Å². The van der Waals surface area contributed by atoms with Crippen molar-refractivity contribution < 1.29 is 4.42 Å². The SMILES string of the molecule is c1ccc(-c2ccc3c(c2)c2cc(-c4ccc5c(c4)c4ccccc4n5-c4cccc5c4oc4c(-c6nc(-c7ccccc7)nc(-c7ccccc7)n6)cccc45)ccc2n3-c2ccccc2)cc1. The van der Waals surface area contributed by atoms with E-state index < -0.39 is 0 Å². The van der Waals surface area contributed by atoms with E-state index in [1.165, 1.54) is 43.7 Å². The van der Waals surface area contributed by atoms with Crippen LogP contribution in [0.15, 0.2) is 241 Å². The number of aromatic nitrogens is 5. The van der Waals surface area contributed by atoms with Crippen LogP contribution < -0.4 is 0 Å². The van der Waals surface area contributed by atoms with E-state index in [1.807, 2.05) is 66.7 Å². The van der Waals surface area contributed by atoms with Gasteiger partial charge in [0.1, 0.15) is 5.58 Å². The van der Waals surface area contributed by atoms with Gasteiger partial charge in [-0.3, -0.25) is 0 Å². The molecule has 4 aromatic heterocycles. The Morgan fingerprint density at radius 3 is 1.32 bits per heavy atom. The lowest BCUT2D eigenvalue weighted by atomic mass is 9.99. The highest BCUT2D eigenvalue weighted by Gasteiger charge is 2.22. The van der Waals surface area contributed by atoms with Gasteiger partial charge in [-0.15, -0.1) is 0 Å². The summed E-state index contributed by atoms with van der Waals surface area (Å²) < 4.78 is 11.8. The molecule has 0 amide bonds. The van der Waals surface area contributed by atoms with Crippen LogP contribution in [0.25, 0.3) is 133 Å². The molecule has 10 aromatic carbocycles. The molecule has 0 saturated heterocycles. The zero-order valence-electron chi connectivity index (χ0n) is 37.2. The van der Waals surface area contributed by atoms with Crippen LogP contribution in [0.3, 0.4) is 0 Å². The monoisotopic (exact) mass is 881 g/mol. The highest BCUT2D eigenvalue weighted by Crippen LogP contribution is 2.43. The van der Waals surface area contributed by atoms with E-state index in [0.717, 1.165) is 72.2 Å².